The molecule has 2 unspecified atom stereocenters. The highest BCUT2D eigenvalue weighted by atomic mass is 16.5. The second kappa shape index (κ2) is 7.38. The van der Waals surface area contributed by atoms with E-state index >= 15 is 0 Å². The molecule has 130 valence electrons. The van der Waals surface area contributed by atoms with Crippen LogP contribution in [0.25, 0.3) is 0 Å². The van der Waals surface area contributed by atoms with Gasteiger partial charge >= 0.3 is 0 Å². The number of carbonyl (C=O) groups excluding carboxylic acids is 2. The summed E-state index contributed by atoms with van der Waals surface area (Å²) in [5.74, 6) is 0.0707. The molecular formula is C20H22N2O3. The van der Waals surface area contributed by atoms with Gasteiger partial charge < -0.3 is 15.4 Å². The molecule has 0 saturated carbocycles. The summed E-state index contributed by atoms with van der Waals surface area (Å²) < 4.78 is 5.18. The van der Waals surface area contributed by atoms with E-state index in [-0.39, 0.29) is 24.3 Å². The molecule has 2 aromatic carbocycles. The van der Waals surface area contributed by atoms with Crippen LogP contribution in [0.4, 0.5) is 5.69 Å². The van der Waals surface area contributed by atoms with Crippen LogP contribution in [-0.4, -0.2) is 18.9 Å². The Hall–Kier alpha value is -2.82. The van der Waals surface area contributed by atoms with Crippen molar-refractivity contribution in [3.63, 3.8) is 0 Å². The molecule has 2 amide bonds. The quantitative estimate of drug-likeness (QED) is 0.878. The second-order valence-electron chi connectivity index (χ2n) is 6.13. The topological polar surface area (TPSA) is 67.4 Å². The summed E-state index contributed by atoms with van der Waals surface area (Å²) in [6.07, 6.45) is 0.931. The van der Waals surface area contributed by atoms with E-state index in [1.54, 1.807) is 7.11 Å². The largest absolute Gasteiger partial charge is 0.497 e. The predicted molar refractivity (Wildman–Crippen MR) is 96.6 cm³/mol. The average molecular weight is 338 g/mol. The van der Waals surface area contributed by atoms with Crippen LogP contribution in [0.5, 0.6) is 5.75 Å². The van der Waals surface area contributed by atoms with Gasteiger partial charge in [0.2, 0.25) is 11.8 Å². The number of hydrogen-bond donors (Lipinski definition) is 2. The fraction of sp³-hybridized carbons (Fsp3) is 0.300. The molecule has 1 aliphatic heterocycles. The summed E-state index contributed by atoms with van der Waals surface area (Å²) in [6.45, 7) is 2.02. The fourth-order valence-electron chi connectivity index (χ4n) is 3.17. The van der Waals surface area contributed by atoms with Crippen molar-refractivity contribution in [1.29, 1.82) is 0 Å². The van der Waals surface area contributed by atoms with E-state index in [9.17, 15) is 9.59 Å². The molecule has 3 rings (SSSR count). The van der Waals surface area contributed by atoms with E-state index in [2.05, 4.69) is 10.6 Å². The van der Waals surface area contributed by atoms with E-state index in [1.807, 2.05) is 55.5 Å². The molecule has 0 spiro atoms. The van der Waals surface area contributed by atoms with Gasteiger partial charge in [0.1, 0.15) is 5.75 Å². The number of carbonyl (C=O) groups is 2. The van der Waals surface area contributed by atoms with Crippen molar-refractivity contribution in [3.05, 3.63) is 59.7 Å². The summed E-state index contributed by atoms with van der Waals surface area (Å²) in [5, 5.41) is 5.92. The van der Waals surface area contributed by atoms with E-state index in [4.69, 9.17) is 4.74 Å². The lowest BCUT2D eigenvalue weighted by atomic mass is 9.89. The Morgan fingerprint density at radius 1 is 1.24 bits per heavy atom. The molecule has 5 heteroatoms. The van der Waals surface area contributed by atoms with Crippen LogP contribution in [-0.2, 0) is 9.59 Å². The molecule has 2 aromatic rings. The SMILES string of the molecule is CCC(NC(=O)C1CC(=O)Nc2ccccc21)c1ccc(OC)cc1. The first kappa shape index (κ1) is 17.0. The van der Waals surface area contributed by atoms with Crippen molar-refractivity contribution >= 4 is 17.5 Å². The van der Waals surface area contributed by atoms with Crippen molar-refractivity contribution in [2.24, 2.45) is 0 Å². The van der Waals surface area contributed by atoms with Crippen LogP contribution in [0.15, 0.2) is 48.5 Å². The Kier molecular flexibility index (Phi) is 5.03. The zero-order valence-electron chi connectivity index (χ0n) is 14.4. The number of para-hydroxylation sites is 1. The van der Waals surface area contributed by atoms with Crippen LogP contribution in [0, 0.1) is 0 Å². The normalized spacial score (nSPS) is 17.2. The Labute approximate surface area is 147 Å². The molecule has 0 bridgehead atoms. The molecule has 0 saturated heterocycles. The third-order valence-corrected chi connectivity index (χ3v) is 4.56. The van der Waals surface area contributed by atoms with Crippen LogP contribution in [0.1, 0.15) is 42.9 Å². The van der Waals surface area contributed by atoms with Gasteiger partial charge in [-0.2, -0.15) is 0 Å². The van der Waals surface area contributed by atoms with Gasteiger partial charge in [-0.05, 0) is 35.7 Å². The predicted octanol–water partition coefficient (Wildman–Crippen LogP) is 3.39. The van der Waals surface area contributed by atoms with Crippen molar-refractivity contribution in [2.45, 2.75) is 31.7 Å². The van der Waals surface area contributed by atoms with Crippen molar-refractivity contribution in [1.82, 2.24) is 5.32 Å². The van der Waals surface area contributed by atoms with Gasteiger partial charge in [-0.25, -0.2) is 0 Å². The first-order valence-electron chi connectivity index (χ1n) is 8.45. The molecule has 0 aliphatic carbocycles. The molecule has 5 nitrogen and oxygen atoms in total. The smallest absolute Gasteiger partial charge is 0.228 e. The first-order chi connectivity index (χ1) is 12.1. The monoisotopic (exact) mass is 338 g/mol. The van der Waals surface area contributed by atoms with E-state index < -0.39 is 5.92 Å². The first-order valence-corrected chi connectivity index (χ1v) is 8.45. The lowest BCUT2D eigenvalue weighted by Crippen LogP contribution is -2.36. The molecule has 25 heavy (non-hydrogen) atoms. The molecule has 2 atom stereocenters. The van der Waals surface area contributed by atoms with E-state index in [0.717, 1.165) is 29.0 Å². The lowest BCUT2D eigenvalue weighted by Gasteiger charge is -2.27. The second-order valence-corrected chi connectivity index (χ2v) is 6.13. The van der Waals surface area contributed by atoms with Gasteiger partial charge in [-0.1, -0.05) is 37.3 Å². The lowest BCUT2D eigenvalue weighted by molar-refractivity contribution is -0.126. The standard InChI is InChI=1S/C20H22N2O3/c1-3-17(13-8-10-14(25-2)11-9-13)22-20(24)16-12-19(23)21-18-7-5-4-6-15(16)18/h4-11,16-17H,3,12H2,1-2H3,(H,21,23)(H,22,24). The molecule has 0 aromatic heterocycles. The van der Waals surface area contributed by atoms with Gasteiger partial charge in [0.05, 0.1) is 19.1 Å². The van der Waals surface area contributed by atoms with Crippen molar-refractivity contribution in [2.75, 3.05) is 12.4 Å². The van der Waals surface area contributed by atoms with Crippen molar-refractivity contribution < 1.29 is 14.3 Å². The Morgan fingerprint density at radius 2 is 1.96 bits per heavy atom. The van der Waals surface area contributed by atoms with Crippen molar-refractivity contribution in [3.8, 4) is 5.75 Å². The summed E-state index contributed by atoms with van der Waals surface area (Å²) >= 11 is 0. The maximum absolute atomic E-state index is 12.9. The Morgan fingerprint density at radius 3 is 2.64 bits per heavy atom. The summed E-state index contributed by atoms with van der Waals surface area (Å²) in [4.78, 5) is 24.8. The van der Waals surface area contributed by atoms with Gasteiger partial charge in [0.25, 0.3) is 0 Å². The minimum Gasteiger partial charge on any atom is -0.497 e. The summed E-state index contributed by atoms with van der Waals surface area (Å²) in [5.41, 5.74) is 2.60. The highest BCUT2D eigenvalue weighted by molar-refractivity contribution is 6.01. The van der Waals surface area contributed by atoms with Gasteiger partial charge in [-0.15, -0.1) is 0 Å². The fourth-order valence-corrected chi connectivity index (χ4v) is 3.17. The summed E-state index contributed by atoms with van der Waals surface area (Å²) in [7, 11) is 1.62. The maximum atomic E-state index is 12.9. The Balaban J connectivity index is 1.79. The number of benzene rings is 2. The number of amides is 2. The zero-order valence-corrected chi connectivity index (χ0v) is 14.4. The van der Waals surface area contributed by atoms with Gasteiger partial charge in [0.15, 0.2) is 0 Å². The minimum absolute atomic E-state index is 0.101. The average Bonchev–Trinajstić information content (AvgIpc) is 2.65. The number of anilines is 1. The molecule has 1 heterocycles. The summed E-state index contributed by atoms with van der Waals surface area (Å²) in [6, 6.07) is 15.0. The van der Waals surface area contributed by atoms with E-state index in [0.29, 0.717) is 0 Å². The molecule has 2 N–H and O–H groups in total. The third-order valence-electron chi connectivity index (χ3n) is 4.56. The highest BCUT2D eigenvalue weighted by Crippen LogP contribution is 2.33. The van der Waals surface area contributed by atoms with Crippen LogP contribution < -0.4 is 15.4 Å². The molecule has 1 aliphatic rings. The Bertz CT molecular complexity index is 771. The third kappa shape index (κ3) is 3.65. The number of nitrogens with one attached hydrogen (secondary N) is 2. The zero-order chi connectivity index (χ0) is 17.8. The minimum atomic E-state index is -0.461. The van der Waals surface area contributed by atoms with Gasteiger partial charge in [-0.3, -0.25) is 9.59 Å². The highest BCUT2D eigenvalue weighted by Gasteiger charge is 2.31. The molecule has 0 radical (unpaired) electrons. The number of hydrogen-bond acceptors (Lipinski definition) is 3. The number of ether oxygens (including phenoxy) is 1. The number of rotatable bonds is 5. The van der Waals surface area contributed by atoms with E-state index in [1.165, 1.54) is 0 Å². The maximum Gasteiger partial charge on any atom is 0.228 e. The van der Waals surface area contributed by atoms with Crippen LogP contribution in [0.2, 0.25) is 0 Å². The number of methoxy groups -OCH3 is 1. The number of fused-ring (bicyclic) bond motifs is 1. The molecular weight excluding hydrogens is 316 g/mol. The molecule has 0 fully saturated rings. The van der Waals surface area contributed by atoms with Crippen LogP contribution in [0.3, 0.4) is 0 Å². The van der Waals surface area contributed by atoms with Crippen LogP contribution >= 0.6 is 0 Å². The van der Waals surface area contributed by atoms with Gasteiger partial charge in [0, 0.05) is 12.1 Å².